The summed E-state index contributed by atoms with van der Waals surface area (Å²) in [6, 6.07) is 5.15. The zero-order valence-corrected chi connectivity index (χ0v) is 11.7. The molecular formula is C15H16N2O4. The summed E-state index contributed by atoms with van der Waals surface area (Å²) in [5.41, 5.74) is 0.963. The molecule has 1 saturated carbocycles. The van der Waals surface area contributed by atoms with Crippen molar-refractivity contribution in [3.05, 3.63) is 23.8 Å². The molecule has 6 heteroatoms. The second-order valence-electron chi connectivity index (χ2n) is 5.35. The molecule has 0 atom stereocenters. The van der Waals surface area contributed by atoms with E-state index in [2.05, 4.69) is 5.32 Å². The Morgan fingerprint density at radius 2 is 2.14 bits per heavy atom. The normalized spacial score (nSPS) is 17.0. The van der Waals surface area contributed by atoms with Crippen LogP contribution in [-0.2, 0) is 9.59 Å². The van der Waals surface area contributed by atoms with E-state index < -0.39 is 0 Å². The Labute approximate surface area is 122 Å². The number of benzene rings is 1. The lowest BCUT2D eigenvalue weighted by Crippen LogP contribution is -2.45. The van der Waals surface area contributed by atoms with Crippen LogP contribution in [0.5, 0.6) is 5.75 Å². The van der Waals surface area contributed by atoms with Gasteiger partial charge in [0.15, 0.2) is 12.4 Å². The first-order valence-electron chi connectivity index (χ1n) is 6.92. The summed E-state index contributed by atoms with van der Waals surface area (Å²) in [5.74, 6) is -0.0573. The van der Waals surface area contributed by atoms with Gasteiger partial charge in [-0.2, -0.15) is 0 Å². The van der Waals surface area contributed by atoms with E-state index in [-0.39, 0.29) is 36.8 Å². The van der Waals surface area contributed by atoms with Crippen LogP contribution >= 0.6 is 0 Å². The molecule has 1 fully saturated rings. The van der Waals surface area contributed by atoms with Crippen molar-refractivity contribution in [3.8, 4) is 5.75 Å². The molecule has 0 saturated heterocycles. The molecule has 1 N–H and O–H groups in total. The first-order valence-corrected chi connectivity index (χ1v) is 6.92. The van der Waals surface area contributed by atoms with E-state index in [0.29, 0.717) is 17.0 Å². The van der Waals surface area contributed by atoms with E-state index in [1.807, 2.05) is 0 Å². The summed E-state index contributed by atoms with van der Waals surface area (Å²) < 4.78 is 5.34. The lowest BCUT2D eigenvalue weighted by Gasteiger charge is -2.29. The summed E-state index contributed by atoms with van der Waals surface area (Å²) in [6.45, 7) is 1.31. The van der Waals surface area contributed by atoms with E-state index in [9.17, 15) is 14.4 Å². The predicted octanol–water partition coefficient (Wildman–Crippen LogP) is 0.893. The van der Waals surface area contributed by atoms with Gasteiger partial charge in [-0.05, 0) is 38.0 Å². The van der Waals surface area contributed by atoms with Crippen LogP contribution in [0, 0.1) is 0 Å². The van der Waals surface area contributed by atoms with E-state index in [1.54, 1.807) is 18.2 Å². The van der Waals surface area contributed by atoms with Gasteiger partial charge >= 0.3 is 0 Å². The highest BCUT2D eigenvalue weighted by molar-refractivity contribution is 6.04. The summed E-state index contributed by atoms with van der Waals surface area (Å²) in [5, 5.41) is 2.85. The standard InChI is InChI=1S/C15H16N2O4/c1-9(18)10-2-5-13-12(6-10)17(15(20)8-21-13)7-14(19)16-11-3-4-11/h2,5-6,11H,3-4,7-8H2,1H3,(H,16,19). The Kier molecular flexibility index (Phi) is 3.37. The van der Waals surface area contributed by atoms with Gasteiger partial charge in [0.1, 0.15) is 12.3 Å². The number of Topliss-reactive ketones (excluding diaryl/α,β-unsaturated/α-hetero) is 1. The van der Waals surface area contributed by atoms with Crippen molar-refractivity contribution in [1.29, 1.82) is 0 Å². The quantitative estimate of drug-likeness (QED) is 0.835. The number of carbonyl (C=O) groups excluding carboxylic acids is 3. The van der Waals surface area contributed by atoms with Crippen molar-refractivity contribution in [2.24, 2.45) is 0 Å². The summed E-state index contributed by atoms with van der Waals surface area (Å²) >= 11 is 0. The third-order valence-corrected chi connectivity index (χ3v) is 3.55. The molecule has 1 heterocycles. The summed E-state index contributed by atoms with van der Waals surface area (Å²) in [7, 11) is 0. The molecule has 0 unspecified atom stereocenters. The van der Waals surface area contributed by atoms with Crippen LogP contribution < -0.4 is 15.0 Å². The third-order valence-electron chi connectivity index (χ3n) is 3.55. The molecule has 110 valence electrons. The zero-order valence-electron chi connectivity index (χ0n) is 11.7. The lowest BCUT2D eigenvalue weighted by atomic mass is 10.1. The van der Waals surface area contributed by atoms with E-state index >= 15 is 0 Å². The minimum absolute atomic E-state index is 0.0486. The average Bonchev–Trinajstić information content (AvgIpc) is 3.25. The van der Waals surface area contributed by atoms with Crippen molar-refractivity contribution >= 4 is 23.3 Å². The number of nitrogens with one attached hydrogen (secondary N) is 1. The number of hydrogen-bond donors (Lipinski definition) is 1. The van der Waals surface area contributed by atoms with E-state index in [1.165, 1.54) is 11.8 Å². The highest BCUT2D eigenvalue weighted by Crippen LogP contribution is 2.33. The molecule has 0 radical (unpaired) electrons. The van der Waals surface area contributed by atoms with Crippen LogP contribution in [0.25, 0.3) is 0 Å². The third kappa shape index (κ3) is 2.89. The molecule has 6 nitrogen and oxygen atoms in total. The average molecular weight is 288 g/mol. The highest BCUT2D eigenvalue weighted by Gasteiger charge is 2.30. The van der Waals surface area contributed by atoms with Crippen LogP contribution in [0.15, 0.2) is 18.2 Å². The van der Waals surface area contributed by atoms with Gasteiger partial charge in [-0.15, -0.1) is 0 Å². The summed E-state index contributed by atoms with van der Waals surface area (Å²) in [4.78, 5) is 36.8. The van der Waals surface area contributed by atoms with Crippen LogP contribution in [0.4, 0.5) is 5.69 Å². The van der Waals surface area contributed by atoms with Crippen LogP contribution in [-0.4, -0.2) is 36.8 Å². The van der Waals surface area contributed by atoms with Crippen LogP contribution in [0.2, 0.25) is 0 Å². The van der Waals surface area contributed by atoms with Crippen LogP contribution in [0.3, 0.4) is 0 Å². The fourth-order valence-electron chi connectivity index (χ4n) is 2.24. The molecule has 21 heavy (non-hydrogen) atoms. The van der Waals surface area contributed by atoms with Crippen molar-refractivity contribution in [1.82, 2.24) is 5.32 Å². The molecule has 0 bridgehead atoms. The van der Waals surface area contributed by atoms with Crippen LogP contribution in [0.1, 0.15) is 30.1 Å². The SMILES string of the molecule is CC(=O)c1ccc2c(c1)N(CC(=O)NC1CC1)C(=O)CO2. The number of ketones is 1. The van der Waals surface area contributed by atoms with Gasteiger partial charge in [-0.25, -0.2) is 0 Å². The van der Waals surface area contributed by atoms with Crippen molar-refractivity contribution in [2.45, 2.75) is 25.8 Å². The number of nitrogens with zero attached hydrogens (tertiary/aromatic N) is 1. The smallest absolute Gasteiger partial charge is 0.265 e. The van der Waals surface area contributed by atoms with Crippen molar-refractivity contribution < 1.29 is 19.1 Å². The molecule has 1 aromatic rings. The molecular weight excluding hydrogens is 272 g/mol. The summed E-state index contributed by atoms with van der Waals surface area (Å²) in [6.07, 6.45) is 1.99. The number of rotatable bonds is 4. The van der Waals surface area contributed by atoms with Crippen molar-refractivity contribution in [2.75, 3.05) is 18.1 Å². The maximum Gasteiger partial charge on any atom is 0.265 e. The largest absolute Gasteiger partial charge is 0.482 e. The predicted molar refractivity (Wildman–Crippen MR) is 75.5 cm³/mol. The fraction of sp³-hybridized carbons (Fsp3) is 0.400. The number of hydrogen-bond acceptors (Lipinski definition) is 4. The Balaban J connectivity index is 1.85. The molecule has 1 aliphatic carbocycles. The van der Waals surface area contributed by atoms with E-state index in [4.69, 9.17) is 4.74 Å². The maximum atomic E-state index is 12.0. The Bertz CT molecular complexity index is 622. The lowest BCUT2D eigenvalue weighted by molar-refractivity contribution is -0.125. The topological polar surface area (TPSA) is 75.7 Å². The molecule has 0 spiro atoms. The van der Waals surface area contributed by atoms with E-state index in [0.717, 1.165) is 12.8 Å². The first kappa shape index (κ1) is 13.6. The van der Waals surface area contributed by atoms with Gasteiger partial charge in [-0.1, -0.05) is 0 Å². The zero-order chi connectivity index (χ0) is 15.0. The highest BCUT2D eigenvalue weighted by atomic mass is 16.5. The van der Waals surface area contributed by atoms with Gasteiger partial charge in [0.25, 0.3) is 5.91 Å². The molecule has 1 aliphatic heterocycles. The van der Waals surface area contributed by atoms with Gasteiger partial charge in [0.05, 0.1) is 5.69 Å². The van der Waals surface area contributed by atoms with Crippen molar-refractivity contribution in [3.63, 3.8) is 0 Å². The second-order valence-corrected chi connectivity index (χ2v) is 5.35. The van der Waals surface area contributed by atoms with Gasteiger partial charge in [0.2, 0.25) is 5.91 Å². The molecule has 3 rings (SSSR count). The Morgan fingerprint density at radius 3 is 2.81 bits per heavy atom. The van der Waals surface area contributed by atoms with Gasteiger partial charge in [-0.3, -0.25) is 19.3 Å². The Morgan fingerprint density at radius 1 is 1.38 bits per heavy atom. The van der Waals surface area contributed by atoms with Gasteiger partial charge < -0.3 is 10.1 Å². The maximum absolute atomic E-state index is 12.0. The molecule has 2 amide bonds. The number of amides is 2. The second kappa shape index (κ2) is 5.20. The number of anilines is 1. The number of ether oxygens (including phenoxy) is 1. The fourth-order valence-corrected chi connectivity index (χ4v) is 2.24. The number of fused-ring (bicyclic) bond motifs is 1. The molecule has 1 aromatic carbocycles. The minimum atomic E-state index is -0.283. The monoisotopic (exact) mass is 288 g/mol. The molecule has 0 aromatic heterocycles. The van der Waals surface area contributed by atoms with Gasteiger partial charge in [0, 0.05) is 11.6 Å². The minimum Gasteiger partial charge on any atom is -0.482 e. The number of carbonyl (C=O) groups is 3. The first-order chi connectivity index (χ1) is 10.0. The molecule has 2 aliphatic rings. The Hall–Kier alpha value is -2.37.